The summed E-state index contributed by atoms with van der Waals surface area (Å²) in [7, 11) is 0. The van der Waals surface area contributed by atoms with E-state index in [1.807, 2.05) is 18.2 Å². The van der Waals surface area contributed by atoms with Gasteiger partial charge < -0.3 is 15.9 Å². The number of anilines is 1. The number of hydrogen-bond donors (Lipinski definition) is 3. The number of fused-ring (bicyclic) bond motifs is 1. The maximum atomic E-state index is 13.3. The third-order valence-electron chi connectivity index (χ3n) is 8.77. The number of aliphatic hydroxyl groups is 1. The zero-order valence-corrected chi connectivity index (χ0v) is 23.1. The number of aromatic nitrogens is 3. The van der Waals surface area contributed by atoms with Crippen LogP contribution < -0.4 is 5.73 Å². The highest BCUT2D eigenvalue weighted by Gasteiger charge is 2.46. The number of benzene rings is 2. The van der Waals surface area contributed by atoms with Crippen molar-refractivity contribution in [2.45, 2.75) is 64.1 Å². The van der Waals surface area contributed by atoms with Gasteiger partial charge in [-0.15, -0.1) is 0 Å². The summed E-state index contributed by atoms with van der Waals surface area (Å²) in [5.74, 6) is 0.0482. The van der Waals surface area contributed by atoms with Gasteiger partial charge in [-0.2, -0.15) is 13.2 Å². The van der Waals surface area contributed by atoms with Crippen molar-refractivity contribution in [2.75, 3.05) is 5.73 Å². The first-order valence-electron chi connectivity index (χ1n) is 13.6. The highest BCUT2D eigenvalue weighted by atomic mass is 19.4. The largest absolute Gasteiger partial charge is 0.481 e. The zero-order valence-electron chi connectivity index (χ0n) is 23.1. The minimum atomic E-state index is -4.53. The Morgan fingerprint density at radius 2 is 1.80 bits per heavy atom. The molecule has 4 aromatic rings. The van der Waals surface area contributed by atoms with Crippen LogP contribution in [0, 0.1) is 11.3 Å². The first kappa shape index (κ1) is 28.6. The molecule has 0 radical (unpaired) electrons. The van der Waals surface area contributed by atoms with E-state index in [-0.39, 0.29) is 23.2 Å². The number of carboxylic acid groups (broad SMARTS) is 1. The summed E-state index contributed by atoms with van der Waals surface area (Å²) in [6, 6.07) is 11.5. The van der Waals surface area contributed by atoms with Gasteiger partial charge in [-0.25, -0.2) is 9.97 Å². The second-order valence-electron chi connectivity index (χ2n) is 11.5. The molecule has 4 N–H and O–H groups in total. The van der Waals surface area contributed by atoms with Gasteiger partial charge in [0.15, 0.2) is 0 Å². The molecule has 0 bridgehead atoms. The van der Waals surface area contributed by atoms with Crippen molar-refractivity contribution in [1.29, 1.82) is 0 Å². The maximum Gasteiger partial charge on any atom is 0.416 e. The van der Waals surface area contributed by atoms with Crippen molar-refractivity contribution in [3.8, 4) is 11.3 Å². The Balaban J connectivity index is 1.54. The summed E-state index contributed by atoms with van der Waals surface area (Å²) in [6.07, 6.45) is 1.46. The van der Waals surface area contributed by atoms with Crippen LogP contribution in [0.1, 0.15) is 74.9 Å². The zero-order chi connectivity index (χ0) is 29.7. The Hall–Kier alpha value is -3.92. The molecule has 41 heavy (non-hydrogen) atoms. The second kappa shape index (κ2) is 10.2. The molecule has 0 saturated heterocycles. The van der Waals surface area contributed by atoms with E-state index in [9.17, 15) is 28.2 Å². The van der Waals surface area contributed by atoms with Crippen LogP contribution in [0.25, 0.3) is 16.8 Å². The Morgan fingerprint density at radius 1 is 1.12 bits per heavy atom. The molecule has 1 fully saturated rings. The lowest BCUT2D eigenvalue weighted by Crippen LogP contribution is -2.40. The second-order valence-corrected chi connectivity index (χ2v) is 11.5. The average Bonchev–Trinajstić information content (AvgIpc) is 3.33. The number of nitrogens with two attached hydrogens (primary N) is 1. The molecule has 7 nitrogen and oxygen atoms in total. The van der Waals surface area contributed by atoms with E-state index in [0.717, 1.165) is 30.8 Å². The number of aliphatic carboxylic acids is 1. The molecule has 3 atom stereocenters. The van der Waals surface area contributed by atoms with Crippen LogP contribution in [0.4, 0.5) is 19.0 Å². The lowest BCUT2D eigenvalue weighted by Gasteiger charge is -2.40. The number of halogens is 3. The Bertz CT molecular complexity index is 1590. The van der Waals surface area contributed by atoms with Crippen LogP contribution in [-0.2, 0) is 16.6 Å². The van der Waals surface area contributed by atoms with Crippen molar-refractivity contribution >= 4 is 17.3 Å². The van der Waals surface area contributed by atoms with Gasteiger partial charge in [-0.1, -0.05) is 56.7 Å². The van der Waals surface area contributed by atoms with Crippen molar-refractivity contribution < 1.29 is 28.2 Å². The van der Waals surface area contributed by atoms with Gasteiger partial charge in [0, 0.05) is 23.9 Å². The number of nitrogen functional groups attached to an aromatic ring is 1. The fourth-order valence-electron chi connectivity index (χ4n) is 6.19. The third-order valence-corrected chi connectivity index (χ3v) is 8.77. The normalized spacial score (nSPS) is 21.2. The molecule has 2 aromatic heterocycles. The van der Waals surface area contributed by atoms with E-state index in [1.165, 1.54) is 19.1 Å². The Labute approximate surface area is 235 Å². The molecule has 5 rings (SSSR count). The van der Waals surface area contributed by atoms with E-state index < -0.39 is 28.7 Å². The Kier molecular flexibility index (Phi) is 7.09. The fraction of sp³-hybridized carbons (Fsp3) is 0.387. The van der Waals surface area contributed by atoms with Gasteiger partial charge in [0.05, 0.1) is 11.0 Å². The smallest absolute Gasteiger partial charge is 0.416 e. The van der Waals surface area contributed by atoms with Crippen molar-refractivity contribution in [1.82, 2.24) is 14.4 Å². The van der Waals surface area contributed by atoms with Crippen molar-refractivity contribution in [2.24, 2.45) is 11.3 Å². The number of rotatable bonds is 6. The molecule has 1 saturated carbocycles. The fourth-order valence-corrected chi connectivity index (χ4v) is 6.19. The predicted molar refractivity (Wildman–Crippen MR) is 149 cm³/mol. The van der Waals surface area contributed by atoms with E-state index in [0.29, 0.717) is 35.2 Å². The molecular formula is C31H33F3N4O3. The quantitative estimate of drug-likeness (QED) is 0.241. The summed E-state index contributed by atoms with van der Waals surface area (Å²) in [6.45, 7) is 5.35. The van der Waals surface area contributed by atoms with Gasteiger partial charge in [-0.3, -0.25) is 9.20 Å². The number of carboxylic acids is 1. The monoisotopic (exact) mass is 566 g/mol. The van der Waals surface area contributed by atoms with Crippen LogP contribution in [0.3, 0.4) is 0 Å². The topological polar surface area (TPSA) is 114 Å². The number of carbonyl (C=O) groups is 1. The van der Waals surface area contributed by atoms with Crippen molar-refractivity contribution in [3.05, 3.63) is 83.4 Å². The lowest BCUT2D eigenvalue weighted by molar-refractivity contribution is -0.155. The highest BCUT2D eigenvalue weighted by molar-refractivity contribution is 5.85. The van der Waals surface area contributed by atoms with Gasteiger partial charge in [-0.05, 0) is 55.4 Å². The number of nitrogens with zero attached hydrogens (tertiary/aromatic N) is 3. The average molecular weight is 567 g/mol. The minimum absolute atomic E-state index is 0.0441. The van der Waals surface area contributed by atoms with Gasteiger partial charge >= 0.3 is 12.1 Å². The molecule has 216 valence electrons. The number of imidazole rings is 1. The molecule has 1 aliphatic rings. The van der Waals surface area contributed by atoms with E-state index in [1.54, 1.807) is 36.7 Å². The molecule has 2 heterocycles. The van der Waals surface area contributed by atoms with Crippen LogP contribution in [0.15, 0.2) is 60.9 Å². The predicted octanol–water partition coefficient (Wildman–Crippen LogP) is 6.64. The highest BCUT2D eigenvalue weighted by Crippen LogP contribution is 2.49. The Morgan fingerprint density at radius 3 is 2.44 bits per heavy atom. The summed E-state index contributed by atoms with van der Waals surface area (Å²) in [5, 5.41) is 21.4. The van der Waals surface area contributed by atoms with Crippen molar-refractivity contribution in [3.63, 3.8) is 0 Å². The van der Waals surface area contributed by atoms with Gasteiger partial charge in [0.25, 0.3) is 0 Å². The van der Waals surface area contributed by atoms with Crippen LogP contribution >= 0.6 is 0 Å². The summed E-state index contributed by atoms with van der Waals surface area (Å²) >= 11 is 0. The maximum absolute atomic E-state index is 13.3. The first-order chi connectivity index (χ1) is 19.3. The number of alkyl halides is 3. The molecule has 1 aliphatic carbocycles. The lowest BCUT2D eigenvalue weighted by atomic mass is 9.63. The van der Waals surface area contributed by atoms with Gasteiger partial charge in [0.1, 0.15) is 28.5 Å². The van der Waals surface area contributed by atoms with E-state index in [2.05, 4.69) is 4.98 Å². The van der Waals surface area contributed by atoms with E-state index >= 15 is 0 Å². The summed E-state index contributed by atoms with van der Waals surface area (Å²) < 4.78 is 41.7. The molecular weight excluding hydrogens is 533 g/mol. The first-order valence-corrected chi connectivity index (χ1v) is 13.6. The standard InChI is InChI=1S/C31H33F3N4O3/c1-18(2)30(28(39)40)13-5-6-20(17-30)27-37-24(25-26(35)36-14-15-38(25)27)19-9-11-21(12-10-19)29(3,41)22-7-4-8-23(16-22)31(32,33)34/h4,7-12,14-16,18,20,41H,5-6,13,17H2,1-3H3,(H2,35,36)(H,39,40)/t20-,29-,30+/m0/s1. The molecule has 0 amide bonds. The SMILES string of the molecule is CC(C)[C@@]1(C(=O)O)CCC[C@H](c2nc(-c3ccc([C@](C)(O)c4cccc(C(F)(F)F)c4)cc3)c3c(N)nccn23)C1. The van der Waals surface area contributed by atoms with Crippen LogP contribution in [-0.4, -0.2) is 30.6 Å². The summed E-state index contributed by atoms with van der Waals surface area (Å²) in [5.41, 5.74) is 5.32. The molecule has 0 spiro atoms. The van der Waals surface area contributed by atoms with E-state index in [4.69, 9.17) is 10.7 Å². The molecule has 2 aromatic carbocycles. The third kappa shape index (κ3) is 4.94. The molecule has 0 aliphatic heterocycles. The molecule has 10 heteroatoms. The summed E-state index contributed by atoms with van der Waals surface area (Å²) in [4.78, 5) is 21.6. The van der Waals surface area contributed by atoms with Crippen LogP contribution in [0.2, 0.25) is 0 Å². The van der Waals surface area contributed by atoms with Gasteiger partial charge in [0.2, 0.25) is 0 Å². The van der Waals surface area contributed by atoms with Crippen LogP contribution in [0.5, 0.6) is 0 Å². The number of hydrogen-bond acceptors (Lipinski definition) is 5. The molecule has 0 unspecified atom stereocenters. The minimum Gasteiger partial charge on any atom is -0.481 e.